The van der Waals surface area contributed by atoms with Crippen LogP contribution in [0, 0.1) is 10.8 Å². The van der Waals surface area contributed by atoms with Gasteiger partial charge in [0, 0.05) is 12.8 Å². The summed E-state index contributed by atoms with van der Waals surface area (Å²) in [5, 5.41) is 59.5. The van der Waals surface area contributed by atoms with Crippen LogP contribution in [0.3, 0.4) is 0 Å². The number of aliphatic hydroxyl groups is 6. The monoisotopic (exact) mass is 882 g/mol. The van der Waals surface area contributed by atoms with E-state index in [1.165, 1.54) is 0 Å². The summed E-state index contributed by atoms with van der Waals surface area (Å²) in [6.07, 6.45) is -11.1. The van der Waals surface area contributed by atoms with Crippen molar-refractivity contribution in [2.24, 2.45) is 10.8 Å². The van der Waals surface area contributed by atoms with Crippen LogP contribution in [0.25, 0.3) is 0 Å². The molecule has 0 rings (SSSR count). The Balaban J connectivity index is 0. The van der Waals surface area contributed by atoms with Crippen molar-refractivity contribution in [2.45, 2.75) is 138 Å². The number of halogens is 17. The van der Waals surface area contributed by atoms with Crippen molar-refractivity contribution in [3.05, 3.63) is 12.7 Å². The Bertz CT molecular complexity index is 1150. The normalized spacial score (nSPS) is 15.6. The van der Waals surface area contributed by atoms with Gasteiger partial charge in [-0.05, 0) is 13.3 Å². The SMILES string of the molecule is C=CC.CCCCCCCCCCC(O)(C(CO)(CO)COCC(CO)(CO)CO)C(F)(F)C(F)(F)C(F)(F)C(F)(F)C(F)(F)C(F)(F)C(F)(F)CCC(F)(F)F. The molecule has 57 heavy (non-hydrogen) atoms. The second kappa shape index (κ2) is 21.7. The lowest BCUT2D eigenvalue weighted by Gasteiger charge is -2.52. The van der Waals surface area contributed by atoms with Gasteiger partial charge in [-0.15, -0.1) is 6.58 Å². The molecule has 0 aromatic carbocycles. The standard InChI is InChI=1S/C30H45F17O7.C3H6/c1-2-3-4-5-6-7-8-9-10-22(53,21(16-51,17-52)19-54-18-20(13-48,14-49)15-50)25(36,37)27(40,41)29(44,45)30(46,47)28(42,43)26(38,39)23(31,32)11-12-24(33,34)35;1-3-2/h48-53H,2-19H2,1H3;3H,1H2,2H3. The summed E-state index contributed by atoms with van der Waals surface area (Å²) in [6.45, 7) is -4.04. The summed E-state index contributed by atoms with van der Waals surface area (Å²) in [5.74, 6) is -56.5. The first kappa shape index (κ1) is 57.4. The molecule has 0 saturated carbocycles. The predicted octanol–water partition coefficient (Wildman–Crippen LogP) is 8.18. The second-order valence-corrected chi connectivity index (χ2v) is 13.8. The van der Waals surface area contributed by atoms with Crippen molar-refractivity contribution in [1.29, 1.82) is 0 Å². The Labute approximate surface area is 317 Å². The van der Waals surface area contributed by atoms with Gasteiger partial charge in [0.25, 0.3) is 0 Å². The molecule has 0 radical (unpaired) electrons. The average Bonchev–Trinajstić information content (AvgIpc) is 3.11. The molecule has 0 aliphatic carbocycles. The van der Waals surface area contributed by atoms with Crippen molar-refractivity contribution in [3.63, 3.8) is 0 Å². The van der Waals surface area contributed by atoms with Crippen LogP contribution in [0.1, 0.15) is 84.5 Å². The molecule has 24 heteroatoms. The fourth-order valence-electron chi connectivity index (χ4n) is 5.28. The van der Waals surface area contributed by atoms with Crippen LogP contribution in [0.2, 0.25) is 0 Å². The molecule has 1 atom stereocenters. The highest BCUT2D eigenvalue weighted by Gasteiger charge is 2.94. The topological polar surface area (TPSA) is 131 Å². The highest BCUT2D eigenvalue weighted by atomic mass is 19.4. The fourth-order valence-corrected chi connectivity index (χ4v) is 5.28. The first-order valence-electron chi connectivity index (χ1n) is 17.3. The maximum atomic E-state index is 16.0. The molecule has 0 bridgehead atoms. The minimum absolute atomic E-state index is 0.0353. The smallest absolute Gasteiger partial charge is 0.389 e. The largest absolute Gasteiger partial charge is 0.396 e. The van der Waals surface area contributed by atoms with Crippen LogP contribution in [-0.4, -0.2) is 130 Å². The Morgan fingerprint density at radius 2 is 0.825 bits per heavy atom. The molecule has 0 aromatic heterocycles. The van der Waals surface area contributed by atoms with E-state index < -0.39 is 136 Å². The lowest BCUT2D eigenvalue weighted by molar-refractivity contribution is -0.457. The molecule has 344 valence electrons. The molecule has 0 aliphatic rings. The zero-order valence-electron chi connectivity index (χ0n) is 31.0. The summed E-state index contributed by atoms with van der Waals surface area (Å²) in [4.78, 5) is 0. The molecule has 0 aromatic rings. The van der Waals surface area contributed by atoms with E-state index in [2.05, 4.69) is 6.58 Å². The third kappa shape index (κ3) is 12.0. The lowest BCUT2D eigenvalue weighted by atomic mass is 9.64. The summed E-state index contributed by atoms with van der Waals surface area (Å²) in [7, 11) is 0. The van der Waals surface area contributed by atoms with Gasteiger partial charge in [-0.25, -0.2) is 0 Å². The van der Waals surface area contributed by atoms with Crippen molar-refractivity contribution in [1.82, 2.24) is 0 Å². The van der Waals surface area contributed by atoms with Gasteiger partial charge in [-0.2, -0.15) is 74.6 Å². The minimum Gasteiger partial charge on any atom is -0.396 e. The van der Waals surface area contributed by atoms with Gasteiger partial charge in [0.05, 0.1) is 57.1 Å². The average molecular weight is 883 g/mol. The maximum absolute atomic E-state index is 16.0. The van der Waals surface area contributed by atoms with Gasteiger partial charge < -0.3 is 35.4 Å². The molecule has 0 fully saturated rings. The number of hydrogen-bond donors (Lipinski definition) is 6. The highest BCUT2D eigenvalue weighted by molar-refractivity contribution is 5.20. The van der Waals surface area contributed by atoms with E-state index in [1.54, 1.807) is 6.08 Å². The van der Waals surface area contributed by atoms with E-state index in [4.69, 9.17) is 4.74 Å². The third-order valence-corrected chi connectivity index (χ3v) is 9.34. The molecule has 0 heterocycles. The first-order valence-corrected chi connectivity index (χ1v) is 17.3. The lowest BCUT2D eigenvalue weighted by Crippen LogP contribution is -2.78. The van der Waals surface area contributed by atoms with Crippen LogP contribution < -0.4 is 0 Å². The van der Waals surface area contributed by atoms with Gasteiger partial charge in [0.15, 0.2) is 0 Å². The molecule has 0 aliphatic heterocycles. The van der Waals surface area contributed by atoms with Crippen LogP contribution >= 0.6 is 0 Å². The zero-order valence-corrected chi connectivity index (χ0v) is 31.0. The fraction of sp³-hybridized carbons (Fsp3) is 0.939. The number of unbranched alkanes of at least 4 members (excludes halogenated alkanes) is 7. The summed E-state index contributed by atoms with van der Waals surface area (Å²) < 4.78 is 249. The number of ether oxygens (including phenoxy) is 1. The minimum atomic E-state index is -8.70. The Morgan fingerprint density at radius 3 is 1.18 bits per heavy atom. The Hall–Kier alpha value is -1.73. The number of alkyl halides is 17. The van der Waals surface area contributed by atoms with E-state index in [9.17, 15) is 87.7 Å². The molecule has 7 nitrogen and oxygen atoms in total. The van der Waals surface area contributed by atoms with Gasteiger partial charge in [-0.3, -0.25) is 0 Å². The van der Waals surface area contributed by atoms with Gasteiger partial charge >= 0.3 is 47.6 Å². The van der Waals surface area contributed by atoms with E-state index in [1.807, 2.05) is 13.8 Å². The second-order valence-electron chi connectivity index (χ2n) is 13.8. The summed E-state index contributed by atoms with van der Waals surface area (Å²) >= 11 is 0. The zero-order chi connectivity index (χ0) is 45.6. The Morgan fingerprint density at radius 1 is 0.474 bits per heavy atom. The van der Waals surface area contributed by atoms with Crippen LogP contribution in [0.5, 0.6) is 0 Å². The van der Waals surface area contributed by atoms with E-state index in [0.717, 1.165) is 12.8 Å². The molecule has 1 unspecified atom stereocenters. The summed E-state index contributed by atoms with van der Waals surface area (Å²) in [5.41, 5.74) is -11.2. The number of allylic oxidation sites excluding steroid dienone is 1. The number of aliphatic hydroxyl groups excluding tert-OH is 5. The maximum Gasteiger partial charge on any atom is 0.389 e. The molecular weight excluding hydrogens is 831 g/mol. The van der Waals surface area contributed by atoms with Crippen molar-refractivity contribution in [2.75, 3.05) is 46.2 Å². The van der Waals surface area contributed by atoms with E-state index >= 15 is 17.6 Å². The van der Waals surface area contributed by atoms with E-state index in [0.29, 0.717) is 19.3 Å². The van der Waals surface area contributed by atoms with Crippen molar-refractivity contribution >= 4 is 0 Å². The van der Waals surface area contributed by atoms with Crippen LogP contribution in [-0.2, 0) is 4.74 Å². The number of rotatable bonds is 28. The van der Waals surface area contributed by atoms with Gasteiger partial charge in [0.2, 0.25) is 0 Å². The predicted molar refractivity (Wildman–Crippen MR) is 169 cm³/mol. The third-order valence-electron chi connectivity index (χ3n) is 9.34. The molecular formula is C33H51F17O7. The molecule has 0 spiro atoms. The quantitative estimate of drug-likeness (QED) is 0.0266. The summed E-state index contributed by atoms with van der Waals surface area (Å²) in [6, 6.07) is 0. The van der Waals surface area contributed by atoms with Crippen LogP contribution in [0.15, 0.2) is 12.7 Å². The van der Waals surface area contributed by atoms with Gasteiger partial charge in [0.1, 0.15) is 5.60 Å². The first-order chi connectivity index (χ1) is 25.7. The van der Waals surface area contributed by atoms with E-state index in [-0.39, 0.29) is 12.8 Å². The van der Waals surface area contributed by atoms with Crippen molar-refractivity contribution < 1.29 is 110 Å². The van der Waals surface area contributed by atoms with Crippen molar-refractivity contribution in [3.8, 4) is 0 Å². The van der Waals surface area contributed by atoms with Gasteiger partial charge in [-0.1, -0.05) is 64.4 Å². The molecule has 0 saturated heterocycles. The molecule has 6 N–H and O–H groups in total. The van der Waals surface area contributed by atoms with Crippen LogP contribution in [0.4, 0.5) is 74.6 Å². The highest BCUT2D eigenvalue weighted by Crippen LogP contribution is 2.65. The number of hydrogen-bond acceptors (Lipinski definition) is 7. The molecule has 0 amide bonds. The Kier molecular flexibility index (Phi) is 21.8.